The van der Waals surface area contributed by atoms with Gasteiger partial charge in [-0.3, -0.25) is 0 Å². The van der Waals surface area contributed by atoms with Crippen LogP contribution >= 0.6 is 0 Å². The molecule has 2 nitrogen and oxygen atoms in total. The van der Waals surface area contributed by atoms with Crippen LogP contribution in [0.4, 0.5) is 4.39 Å². The molecule has 0 aromatic heterocycles. The zero-order valence-electron chi connectivity index (χ0n) is 10.3. The van der Waals surface area contributed by atoms with Gasteiger partial charge in [-0.25, -0.2) is 4.39 Å². The highest BCUT2D eigenvalue weighted by molar-refractivity contribution is 5.76. The number of nitriles is 1. The third-order valence-corrected chi connectivity index (χ3v) is 2.95. The molecule has 1 rings (SSSR count). The van der Waals surface area contributed by atoms with E-state index in [4.69, 9.17) is 5.26 Å². The maximum atomic E-state index is 14.9. The molecule has 0 aliphatic carbocycles. The van der Waals surface area contributed by atoms with Crippen molar-refractivity contribution in [2.24, 2.45) is 5.41 Å². The number of hydrogen-bond acceptors (Lipinski definition) is 2. The lowest BCUT2D eigenvalue weighted by Gasteiger charge is -2.34. The van der Waals surface area contributed by atoms with Crippen LogP contribution in [0.3, 0.4) is 0 Å². The highest BCUT2D eigenvalue weighted by Crippen LogP contribution is 2.45. The van der Waals surface area contributed by atoms with Gasteiger partial charge in [-0.1, -0.05) is 44.2 Å². The molecule has 1 aromatic carbocycles. The lowest BCUT2D eigenvalue weighted by molar-refractivity contribution is -0.120. The first-order chi connectivity index (χ1) is 7.83. The van der Waals surface area contributed by atoms with E-state index in [2.05, 4.69) is 0 Å². The van der Waals surface area contributed by atoms with Gasteiger partial charge in [-0.15, -0.1) is 0 Å². The molecule has 0 spiro atoms. The molecule has 0 fully saturated rings. The largest absolute Gasteiger partial charge is 0.300 e. The first kappa shape index (κ1) is 13.4. The van der Waals surface area contributed by atoms with Gasteiger partial charge in [0.2, 0.25) is 5.67 Å². The molecule has 1 atom stereocenters. The number of nitrogens with zero attached hydrogens (tertiary/aromatic N) is 1. The summed E-state index contributed by atoms with van der Waals surface area (Å²) < 4.78 is 14.9. The lowest BCUT2D eigenvalue weighted by Crippen LogP contribution is -2.38. The summed E-state index contributed by atoms with van der Waals surface area (Å²) in [6.07, 6.45) is 0.0337. The topological polar surface area (TPSA) is 40.9 Å². The molecule has 0 N–H and O–H groups in total. The van der Waals surface area contributed by atoms with E-state index < -0.39 is 11.1 Å². The number of Topliss-reactive ketones (excluding diaryl/α,β-unsaturated/α-hetero) is 1. The molecule has 0 radical (unpaired) electrons. The van der Waals surface area contributed by atoms with Crippen LogP contribution in [0.5, 0.6) is 0 Å². The van der Waals surface area contributed by atoms with Gasteiger partial charge in [0.25, 0.3) is 0 Å². The molecule has 0 heterocycles. The molecule has 1 aromatic rings. The van der Waals surface area contributed by atoms with E-state index in [0.717, 1.165) is 0 Å². The summed E-state index contributed by atoms with van der Waals surface area (Å²) in [5.74, 6) is -0.122. The Bertz CT molecular complexity index is 447. The number of carbonyl (C=O) groups excluding carboxylic acids is 1. The quantitative estimate of drug-likeness (QED) is 0.799. The maximum Gasteiger partial charge on any atom is 0.226 e. The summed E-state index contributed by atoms with van der Waals surface area (Å²) in [4.78, 5) is 11.2. The van der Waals surface area contributed by atoms with Crippen LogP contribution in [0.1, 0.15) is 32.8 Å². The van der Waals surface area contributed by atoms with Crippen LogP contribution in [-0.2, 0) is 10.5 Å². The average molecular weight is 233 g/mol. The van der Waals surface area contributed by atoms with E-state index in [0.29, 0.717) is 5.56 Å². The summed E-state index contributed by atoms with van der Waals surface area (Å²) >= 11 is 0. The normalized spacial score (nSPS) is 14.8. The first-order valence-corrected chi connectivity index (χ1v) is 5.48. The minimum atomic E-state index is -2.15. The van der Waals surface area contributed by atoms with E-state index in [1.807, 2.05) is 0 Å². The minimum absolute atomic E-state index is 0.0337. The predicted octanol–water partition coefficient (Wildman–Crippen LogP) is 3.38. The zero-order chi connectivity index (χ0) is 13.1. The molecule has 3 heteroatoms. The molecular weight excluding hydrogens is 217 g/mol. The van der Waals surface area contributed by atoms with E-state index >= 15 is 0 Å². The number of hydrogen-bond donors (Lipinski definition) is 0. The fourth-order valence-corrected chi connectivity index (χ4v) is 2.02. The molecule has 0 saturated heterocycles. The third-order valence-electron chi connectivity index (χ3n) is 2.95. The fraction of sp³-hybridized carbons (Fsp3) is 0.429. The van der Waals surface area contributed by atoms with Gasteiger partial charge in [-0.2, -0.15) is 5.26 Å². The Kier molecular flexibility index (Phi) is 3.67. The highest BCUT2D eigenvalue weighted by atomic mass is 19.1. The van der Waals surface area contributed by atoms with Crippen molar-refractivity contribution in [3.8, 4) is 6.07 Å². The van der Waals surface area contributed by atoms with Crippen LogP contribution in [-0.4, -0.2) is 5.78 Å². The molecule has 0 aliphatic rings. The Balaban J connectivity index is 3.22. The summed E-state index contributed by atoms with van der Waals surface area (Å²) in [5, 5.41) is 9.15. The number of alkyl halides is 1. The molecule has 17 heavy (non-hydrogen) atoms. The molecule has 90 valence electrons. The second kappa shape index (κ2) is 4.67. The van der Waals surface area contributed by atoms with Crippen molar-refractivity contribution in [3.05, 3.63) is 35.9 Å². The van der Waals surface area contributed by atoms with Gasteiger partial charge in [0.1, 0.15) is 11.9 Å². The van der Waals surface area contributed by atoms with E-state index in [1.54, 1.807) is 50.2 Å². The Labute approximate surface area is 101 Å². The minimum Gasteiger partial charge on any atom is -0.300 e. The van der Waals surface area contributed by atoms with Gasteiger partial charge in [0.05, 0.1) is 0 Å². The zero-order valence-corrected chi connectivity index (χ0v) is 10.3. The van der Waals surface area contributed by atoms with Crippen molar-refractivity contribution in [1.29, 1.82) is 5.26 Å². The van der Waals surface area contributed by atoms with Gasteiger partial charge in [0.15, 0.2) is 0 Å². The second-order valence-electron chi connectivity index (χ2n) is 4.90. The Hall–Kier alpha value is -1.69. The van der Waals surface area contributed by atoms with Gasteiger partial charge in [0, 0.05) is 17.4 Å². The number of benzene rings is 1. The van der Waals surface area contributed by atoms with Crippen LogP contribution in [0.25, 0.3) is 0 Å². The van der Waals surface area contributed by atoms with Gasteiger partial charge < -0.3 is 4.79 Å². The third kappa shape index (κ3) is 2.52. The summed E-state index contributed by atoms with van der Waals surface area (Å²) in [5.41, 5.74) is -2.90. The van der Waals surface area contributed by atoms with Crippen LogP contribution in [0.15, 0.2) is 30.3 Å². The van der Waals surface area contributed by atoms with Crippen molar-refractivity contribution >= 4 is 5.78 Å². The Morgan fingerprint density at radius 2 is 1.88 bits per heavy atom. The van der Waals surface area contributed by atoms with Crippen LogP contribution < -0.4 is 0 Å². The Morgan fingerprint density at radius 1 is 1.35 bits per heavy atom. The molecular formula is C14H16FNO. The summed E-state index contributed by atoms with van der Waals surface area (Å²) in [6.45, 7) is 4.61. The number of carbonyl (C=O) groups is 1. The van der Waals surface area contributed by atoms with Crippen molar-refractivity contribution < 1.29 is 9.18 Å². The standard InChI is InChI=1S/C14H16FNO/c1-11(17)9-13(2,3)14(15,10-16)12-7-5-4-6-8-12/h4-8H,9H2,1-3H3. The number of halogens is 1. The van der Waals surface area contributed by atoms with Crippen molar-refractivity contribution in [3.63, 3.8) is 0 Å². The molecule has 0 aliphatic heterocycles. The van der Waals surface area contributed by atoms with Crippen molar-refractivity contribution in [2.75, 3.05) is 0 Å². The second-order valence-corrected chi connectivity index (χ2v) is 4.90. The van der Waals surface area contributed by atoms with Crippen LogP contribution in [0, 0.1) is 16.7 Å². The fourth-order valence-electron chi connectivity index (χ4n) is 2.02. The molecule has 1 unspecified atom stereocenters. The van der Waals surface area contributed by atoms with Crippen molar-refractivity contribution in [2.45, 2.75) is 32.9 Å². The molecule has 0 saturated carbocycles. The first-order valence-electron chi connectivity index (χ1n) is 5.48. The summed E-state index contributed by atoms with van der Waals surface area (Å²) in [6, 6.07) is 10.0. The maximum absolute atomic E-state index is 14.9. The SMILES string of the molecule is CC(=O)CC(C)(C)C(F)(C#N)c1ccccc1. The van der Waals surface area contributed by atoms with E-state index in [1.165, 1.54) is 6.92 Å². The monoisotopic (exact) mass is 233 g/mol. The number of rotatable bonds is 4. The summed E-state index contributed by atoms with van der Waals surface area (Å²) in [7, 11) is 0. The van der Waals surface area contributed by atoms with Gasteiger partial charge in [-0.05, 0) is 6.92 Å². The van der Waals surface area contributed by atoms with Crippen LogP contribution in [0.2, 0.25) is 0 Å². The smallest absolute Gasteiger partial charge is 0.226 e. The van der Waals surface area contributed by atoms with E-state index in [-0.39, 0.29) is 12.2 Å². The molecule has 0 amide bonds. The molecule has 0 bridgehead atoms. The lowest BCUT2D eigenvalue weighted by atomic mass is 9.70. The highest BCUT2D eigenvalue weighted by Gasteiger charge is 2.48. The number of ketones is 1. The average Bonchev–Trinajstić information content (AvgIpc) is 2.27. The van der Waals surface area contributed by atoms with E-state index in [9.17, 15) is 9.18 Å². The van der Waals surface area contributed by atoms with Gasteiger partial charge >= 0.3 is 0 Å². The Morgan fingerprint density at radius 3 is 2.29 bits per heavy atom. The predicted molar refractivity (Wildman–Crippen MR) is 63.9 cm³/mol. The van der Waals surface area contributed by atoms with Crippen molar-refractivity contribution in [1.82, 2.24) is 0 Å².